The highest BCUT2D eigenvalue weighted by Crippen LogP contribution is 2.25. The fourth-order valence-electron chi connectivity index (χ4n) is 2.63. The zero-order valence-electron chi connectivity index (χ0n) is 10.1. The number of rotatable bonds is 1. The molecule has 1 saturated heterocycles. The lowest BCUT2D eigenvalue weighted by atomic mass is 9.88. The molecule has 0 aromatic rings. The molecule has 0 radical (unpaired) electrons. The average Bonchev–Trinajstić information content (AvgIpc) is 2.30. The number of likely N-dealkylation sites (N-methyl/N-ethyl adjacent to an activating group) is 1. The van der Waals surface area contributed by atoms with Crippen LogP contribution in [0, 0.1) is 5.92 Å². The third-order valence-electron chi connectivity index (χ3n) is 3.77. The van der Waals surface area contributed by atoms with Crippen LogP contribution in [0.15, 0.2) is 0 Å². The van der Waals surface area contributed by atoms with Crippen LogP contribution in [-0.4, -0.2) is 48.9 Å². The Morgan fingerprint density at radius 3 is 2.12 bits per heavy atom. The van der Waals surface area contributed by atoms with Crippen molar-refractivity contribution in [2.24, 2.45) is 5.92 Å². The average molecular weight is 246 g/mol. The van der Waals surface area contributed by atoms with Gasteiger partial charge in [-0.2, -0.15) is 0 Å². The van der Waals surface area contributed by atoms with Gasteiger partial charge in [-0.15, -0.1) is 0 Å². The van der Waals surface area contributed by atoms with Gasteiger partial charge in [-0.05, 0) is 19.9 Å². The quantitative estimate of drug-likeness (QED) is 0.553. The molecular formula is C12H22ClN2O-. The number of nitrogens with zero attached hydrogens (tertiary/aromatic N) is 2. The van der Waals surface area contributed by atoms with E-state index >= 15 is 0 Å². The Morgan fingerprint density at radius 1 is 1.00 bits per heavy atom. The monoisotopic (exact) mass is 245 g/mol. The molecule has 0 aromatic heterocycles. The minimum absolute atomic E-state index is 0. The molecule has 0 atom stereocenters. The molecule has 1 amide bonds. The molecule has 1 heterocycles. The van der Waals surface area contributed by atoms with Gasteiger partial charge in [-0.25, -0.2) is 0 Å². The Morgan fingerprint density at radius 2 is 1.56 bits per heavy atom. The second-order valence-corrected chi connectivity index (χ2v) is 4.96. The highest BCUT2D eigenvalue weighted by Gasteiger charge is 2.27. The van der Waals surface area contributed by atoms with Gasteiger partial charge < -0.3 is 22.2 Å². The van der Waals surface area contributed by atoms with Gasteiger partial charge >= 0.3 is 0 Å². The second-order valence-electron chi connectivity index (χ2n) is 4.96. The first-order chi connectivity index (χ1) is 7.27. The summed E-state index contributed by atoms with van der Waals surface area (Å²) in [6.45, 7) is 3.95. The zero-order chi connectivity index (χ0) is 10.7. The number of halogens is 1. The number of carbonyl (C=O) groups is 1. The highest BCUT2D eigenvalue weighted by molar-refractivity contribution is 5.79. The normalized spacial score (nSPS) is 23.9. The Kier molecular flexibility index (Phi) is 5.56. The molecule has 0 spiro atoms. The van der Waals surface area contributed by atoms with E-state index in [9.17, 15) is 4.79 Å². The lowest BCUT2D eigenvalue weighted by molar-refractivity contribution is -0.138. The second kappa shape index (κ2) is 6.45. The summed E-state index contributed by atoms with van der Waals surface area (Å²) in [6, 6.07) is 0. The van der Waals surface area contributed by atoms with E-state index in [1.807, 2.05) is 0 Å². The van der Waals surface area contributed by atoms with Crippen LogP contribution >= 0.6 is 0 Å². The number of amides is 1. The van der Waals surface area contributed by atoms with Crippen molar-refractivity contribution in [3.8, 4) is 0 Å². The summed E-state index contributed by atoms with van der Waals surface area (Å²) in [5, 5.41) is 0. The Balaban J connectivity index is 0.00000128. The van der Waals surface area contributed by atoms with Crippen LogP contribution in [0.1, 0.15) is 32.1 Å². The van der Waals surface area contributed by atoms with Crippen molar-refractivity contribution in [3.63, 3.8) is 0 Å². The Bertz CT molecular complexity index is 221. The minimum Gasteiger partial charge on any atom is -1.00 e. The summed E-state index contributed by atoms with van der Waals surface area (Å²) in [5.41, 5.74) is 0. The van der Waals surface area contributed by atoms with Crippen LogP contribution in [0.2, 0.25) is 0 Å². The molecule has 0 bridgehead atoms. The maximum Gasteiger partial charge on any atom is 0.225 e. The lowest BCUT2D eigenvalue weighted by Gasteiger charge is -2.35. The van der Waals surface area contributed by atoms with Crippen molar-refractivity contribution in [1.29, 1.82) is 0 Å². The molecule has 94 valence electrons. The molecule has 0 unspecified atom stereocenters. The van der Waals surface area contributed by atoms with E-state index in [-0.39, 0.29) is 12.4 Å². The van der Waals surface area contributed by atoms with E-state index < -0.39 is 0 Å². The number of hydrogen-bond donors (Lipinski definition) is 0. The topological polar surface area (TPSA) is 23.6 Å². The summed E-state index contributed by atoms with van der Waals surface area (Å²) < 4.78 is 0. The molecule has 2 fully saturated rings. The molecule has 1 aliphatic carbocycles. The van der Waals surface area contributed by atoms with E-state index in [1.54, 1.807) is 0 Å². The SMILES string of the molecule is CN1CCN(C(=O)C2CCCCC2)CC1.[Cl-]. The summed E-state index contributed by atoms with van der Waals surface area (Å²) >= 11 is 0. The molecule has 16 heavy (non-hydrogen) atoms. The van der Waals surface area contributed by atoms with Gasteiger partial charge in [0.2, 0.25) is 5.91 Å². The zero-order valence-corrected chi connectivity index (χ0v) is 10.9. The van der Waals surface area contributed by atoms with Crippen molar-refractivity contribution in [3.05, 3.63) is 0 Å². The molecule has 0 aromatic carbocycles. The molecule has 4 heteroatoms. The van der Waals surface area contributed by atoms with E-state index in [0.717, 1.165) is 39.0 Å². The standard InChI is InChI=1S/C12H22N2O.ClH/c1-13-7-9-14(10-8-13)12(15)11-5-3-2-4-6-11;/h11H,2-10H2,1H3;1H/p-1. The van der Waals surface area contributed by atoms with Crippen LogP contribution in [0.5, 0.6) is 0 Å². The summed E-state index contributed by atoms with van der Waals surface area (Å²) in [7, 11) is 2.13. The van der Waals surface area contributed by atoms with Crippen molar-refractivity contribution in [2.45, 2.75) is 32.1 Å². The van der Waals surface area contributed by atoms with Crippen LogP contribution in [0.25, 0.3) is 0 Å². The summed E-state index contributed by atoms with van der Waals surface area (Å²) in [4.78, 5) is 16.5. The van der Waals surface area contributed by atoms with Crippen LogP contribution < -0.4 is 12.4 Å². The van der Waals surface area contributed by atoms with Crippen molar-refractivity contribution < 1.29 is 17.2 Å². The summed E-state index contributed by atoms with van der Waals surface area (Å²) in [6.07, 6.45) is 6.09. The first-order valence-electron chi connectivity index (χ1n) is 6.25. The van der Waals surface area contributed by atoms with Crippen molar-refractivity contribution in [2.75, 3.05) is 33.2 Å². The first-order valence-corrected chi connectivity index (χ1v) is 6.25. The highest BCUT2D eigenvalue weighted by atomic mass is 35.5. The van der Waals surface area contributed by atoms with E-state index in [4.69, 9.17) is 0 Å². The molecule has 2 rings (SSSR count). The molecule has 0 N–H and O–H groups in total. The molecule has 1 aliphatic heterocycles. The summed E-state index contributed by atoms with van der Waals surface area (Å²) in [5.74, 6) is 0.782. The van der Waals surface area contributed by atoms with Gasteiger partial charge in [0.05, 0.1) is 0 Å². The predicted octanol–water partition coefficient (Wildman–Crippen LogP) is -1.66. The van der Waals surface area contributed by atoms with E-state index in [1.165, 1.54) is 19.3 Å². The number of piperazine rings is 1. The van der Waals surface area contributed by atoms with Gasteiger partial charge in [0.25, 0.3) is 0 Å². The van der Waals surface area contributed by atoms with Crippen LogP contribution in [0.4, 0.5) is 0 Å². The fourth-order valence-corrected chi connectivity index (χ4v) is 2.63. The van der Waals surface area contributed by atoms with Gasteiger partial charge in [-0.3, -0.25) is 4.79 Å². The maximum atomic E-state index is 12.2. The van der Waals surface area contributed by atoms with Gasteiger partial charge in [-0.1, -0.05) is 19.3 Å². The third kappa shape index (κ3) is 3.36. The molecule has 2 aliphatic rings. The number of hydrogen-bond acceptors (Lipinski definition) is 2. The van der Waals surface area contributed by atoms with Gasteiger partial charge in [0.1, 0.15) is 0 Å². The van der Waals surface area contributed by atoms with E-state index in [0.29, 0.717) is 11.8 Å². The molecular weight excluding hydrogens is 224 g/mol. The van der Waals surface area contributed by atoms with Crippen molar-refractivity contribution in [1.82, 2.24) is 9.80 Å². The lowest BCUT2D eigenvalue weighted by Crippen LogP contribution is -3.00. The maximum absolute atomic E-state index is 12.2. The smallest absolute Gasteiger partial charge is 0.225 e. The van der Waals surface area contributed by atoms with Gasteiger partial charge in [0, 0.05) is 32.1 Å². The Labute approximate surface area is 105 Å². The van der Waals surface area contributed by atoms with Crippen LogP contribution in [-0.2, 0) is 4.79 Å². The number of carbonyl (C=O) groups excluding carboxylic acids is 1. The minimum atomic E-state index is 0. The Hall–Kier alpha value is -0.280. The van der Waals surface area contributed by atoms with E-state index in [2.05, 4.69) is 16.8 Å². The third-order valence-corrected chi connectivity index (χ3v) is 3.77. The predicted molar refractivity (Wildman–Crippen MR) is 60.7 cm³/mol. The van der Waals surface area contributed by atoms with Crippen LogP contribution in [0.3, 0.4) is 0 Å². The largest absolute Gasteiger partial charge is 1.00 e. The molecule has 1 saturated carbocycles. The molecule has 3 nitrogen and oxygen atoms in total. The van der Waals surface area contributed by atoms with Crippen molar-refractivity contribution >= 4 is 5.91 Å². The fraction of sp³-hybridized carbons (Fsp3) is 0.917. The first kappa shape index (κ1) is 13.8. The van der Waals surface area contributed by atoms with Gasteiger partial charge in [0.15, 0.2) is 0 Å².